The summed E-state index contributed by atoms with van der Waals surface area (Å²) in [4.78, 5) is 4.65. The molecule has 88 valence electrons. The van der Waals surface area contributed by atoms with E-state index < -0.39 is 0 Å². The third kappa shape index (κ3) is 3.40. The summed E-state index contributed by atoms with van der Waals surface area (Å²) in [5.74, 6) is 0. The molecule has 2 rings (SSSR count). The van der Waals surface area contributed by atoms with E-state index in [1.165, 1.54) is 18.6 Å². The molecule has 0 aliphatic rings. The van der Waals surface area contributed by atoms with Crippen LogP contribution in [0.5, 0.6) is 0 Å². The maximum absolute atomic E-state index is 3.61. The van der Waals surface area contributed by atoms with Crippen molar-refractivity contribution in [2.45, 2.75) is 9.94 Å². The van der Waals surface area contributed by atoms with Crippen LogP contribution in [0.25, 0.3) is 0 Å². The van der Waals surface area contributed by atoms with Crippen LogP contribution in [-0.2, 0) is 0 Å². The van der Waals surface area contributed by atoms with Crippen molar-refractivity contribution in [2.24, 2.45) is 0 Å². The Kier molecular flexibility index (Phi) is 5.20. The zero-order chi connectivity index (χ0) is 12.1. The molecule has 0 radical (unpaired) electrons. The molecule has 0 unspecified atom stereocenters. The van der Waals surface area contributed by atoms with E-state index >= 15 is 0 Å². The second-order valence-corrected chi connectivity index (χ2v) is 8.37. The molecule has 0 saturated heterocycles. The van der Waals surface area contributed by atoms with E-state index in [2.05, 4.69) is 63.8 Å². The third-order valence-corrected chi connectivity index (χ3v) is 7.03. The van der Waals surface area contributed by atoms with E-state index in [0.29, 0.717) is 0 Å². The summed E-state index contributed by atoms with van der Waals surface area (Å²) in [6, 6.07) is 17.4. The summed E-state index contributed by atoms with van der Waals surface area (Å²) in [7, 11) is 0. The minimum absolute atomic E-state index is 0.0480. The first-order chi connectivity index (χ1) is 8.35. The molecule has 17 heavy (non-hydrogen) atoms. The van der Waals surface area contributed by atoms with Crippen LogP contribution in [0.4, 0.5) is 11.4 Å². The van der Waals surface area contributed by atoms with Crippen LogP contribution in [0, 0.1) is 0 Å². The van der Waals surface area contributed by atoms with Crippen LogP contribution in [0.2, 0.25) is 9.94 Å². The fourth-order valence-corrected chi connectivity index (χ4v) is 4.80. The van der Waals surface area contributed by atoms with Gasteiger partial charge < -0.3 is 0 Å². The second-order valence-electron chi connectivity index (χ2n) is 3.53. The molecule has 0 heterocycles. The van der Waals surface area contributed by atoms with Crippen molar-refractivity contribution in [3.8, 4) is 0 Å². The Morgan fingerprint density at radius 2 is 1.12 bits per heavy atom. The molecule has 1 nitrogen and oxygen atoms in total. The number of para-hydroxylation sites is 2. The van der Waals surface area contributed by atoms with Gasteiger partial charge in [-0.1, -0.05) is 0 Å². The van der Waals surface area contributed by atoms with Gasteiger partial charge in [-0.2, -0.15) is 0 Å². The van der Waals surface area contributed by atoms with E-state index in [0.717, 1.165) is 0 Å². The van der Waals surface area contributed by atoms with Gasteiger partial charge in [-0.25, -0.2) is 0 Å². The van der Waals surface area contributed by atoms with Crippen LogP contribution in [-0.4, -0.2) is 41.8 Å². The fraction of sp³-hybridized carbons (Fsp3) is 0.143. The van der Waals surface area contributed by atoms with Crippen LogP contribution < -0.4 is 12.5 Å². The molecule has 1 N–H and O–H groups in total. The van der Waals surface area contributed by atoms with Gasteiger partial charge in [0.2, 0.25) is 0 Å². The van der Waals surface area contributed by atoms with Gasteiger partial charge in [-0.15, -0.1) is 0 Å². The second kappa shape index (κ2) is 6.67. The molecule has 0 amide bonds. The number of benzene rings is 2. The molecule has 2 aromatic rings. The molecule has 0 saturated carbocycles. The third-order valence-electron chi connectivity index (χ3n) is 2.48. The first-order valence-corrected chi connectivity index (χ1v) is 12.4. The zero-order valence-corrected chi connectivity index (χ0v) is 14.6. The van der Waals surface area contributed by atoms with Crippen molar-refractivity contribution in [3.63, 3.8) is 0 Å². The molecular formula is C14H15NTe2. The van der Waals surface area contributed by atoms with E-state index in [9.17, 15) is 0 Å². The van der Waals surface area contributed by atoms with Gasteiger partial charge in [-0.3, -0.25) is 0 Å². The number of anilines is 2. The van der Waals surface area contributed by atoms with Crippen molar-refractivity contribution in [1.29, 1.82) is 0 Å². The molecule has 0 spiro atoms. The summed E-state index contributed by atoms with van der Waals surface area (Å²) < 4.78 is 3.01. The summed E-state index contributed by atoms with van der Waals surface area (Å²) in [5.41, 5.74) is 2.59. The molecular weight excluding hydrogens is 437 g/mol. The molecule has 3 heteroatoms. The Bertz CT molecular complexity index is 452. The van der Waals surface area contributed by atoms with E-state index in [4.69, 9.17) is 0 Å². The summed E-state index contributed by atoms with van der Waals surface area (Å²) >= 11 is -0.0960. The van der Waals surface area contributed by atoms with Gasteiger partial charge in [0, 0.05) is 0 Å². The Morgan fingerprint density at radius 1 is 0.706 bits per heavy atom. The molecule has 2 aromatic carbocycles. The van der Waals surface area contributed by atoms with Crippen molar-refractivity contribution in [3.05, 3.63) is 48.5 Å². The van der Waals surface area contributed by atoms with Crippen LogP contribution >= 0.6 is 0 Å². The van der Waals surface area contributed by atoms with Gasteiger partial charge in [0.05, 0.1) is 0 Å². The quantitative estimate of drug-likeness (QED) is 0.702. The molecule has 0 aromatic heterocycles. The summed E-state index contributed by atoms with van der Waals surface area (Å²) in [5, 5.41) is 3.61. The Labute approximate surface area is 123 Å². The average Bonchev–Trinajstić information content (AvgIpc) is 2.40. The van der Waals surface area contributed by atoms with E-state index in [-0.39, 0.29) is 41.8 Å². The van der Waals surface area contributed by atoms with E-state index in [1.54, 1.807) is 0 Å². The van der Waals surface area contributed by atoms with Crippen LogP contribution in [0.15, 0.2) is 48.5 Å². The predicted octanol–water partition coefficient (Wildman–Crippen LogP) is 2.19. The topological polar surface area (TPSA) is 12.0 Å². The molecule has 0 aliphatic heterocycles. The number of hydrogen-bond donors (Lipinski definition) is 1. The molecule has 0 atom stereocenters. The van der Waals surface area contributed by atoms with Gasteiger partial charge >= 0.3 is 124 Å². The van der Waals surface area contributed by atoms with Crippen molar-refractivity contribution in [2.75, 3.05) is 5.32 Å². The number of nitrogens with one attached hydrogen (secondary N) is 1. The molecule has 0 fully saturated rings. The summed E-state index contributed by atoms with van der Waals surface area (Å²) in [6.45, 7) is 0. The number of rotatable bonds is 4. The molecule has 0 aliphatic carbocycles. The van der Waals surface area contributed by atoms with Gasteiger partial charge in [0.1, 0.15) is 0 Å². The Hall–Kier alpha value is -0.181. The van der Waals surface area contributed by atoms with Gasteiger partial charge in [0.25, 0.3) is 0 Å². The Morgan fingerprint density at radius 3 is 1.53 bits per heavy atom. The zero-order valence-electron chi connectivity index (χ0n) is 9.94. The van der Waals surface area contributed by atoms with Crippen LogP contribution in [0.1, 0.15) is 0 Å². The van der Waals surface area contributed by atoms with Crippen molar-refractivity contribution < 1.29 is 0 Å². The first-order valence-electron chi connectivity index (χ1n) is 5.38. The number of hydrogen-bond acceptors (Lipinski definition) is 1. The Balaban J connectivity index is 2.31. The monoisotopic (exact) mass is 457 g/mol. The SMILES string of the molecule is C[Te]c1ccccc1Nc1ccccc1[Te]C. The van der Waals surface area contributed by atoms with Crippen molar-refractivity contribution in [1.82, 2.24) is 0 Å². The van der Waals surface area contributed by atoms with E-state index in [1.807, 2.05) is 0 Å². The molecule has 0 bridgehead atoms. The van der Waals surface area contributed by atoms with Gasteiger partial charge in [-0.05, 0) is 0 Å². The fourth-order valence-electron chi connectivity index (χ4n) is 1.64. The van der Waals surface area contributed by atoms with Gasteiger partial charge in [0.15, 0.2) is 0 Å². The predicted molar refractivity (Wildman–Crippen MR) is 78.7 cm³/mol. The standard InChI is InChI=1S/C14H15NTe2/c1-16-13-9-5-3-7-11(13)15-12-8-4-6-10-14(12)17-2/h3-10,15H,1-2H3. The van der Waals surface area contributed by atoms with Crippen LogP contribution in [0.3, 0.4) is 0 Å². The normalized spacial score (nSPS) is 10.2. The first kappa shape index (κ1) is 13.3. The summed E-state index contributed by atoms with van der Waals surface area (Å²) in [6.07, 6.45) is 0. The van der Waals surface area contributed by atoms with Crippen molar-refractivity contribution >= 4 is 60.4 Å². The maximum atomic E-state index is 3.61. The average molecular weight is 452 g/mol. The minimum atomic E-state index is -0.0480.